The second-order valence-corrected chi connectivity index (χ2v) is 8.86. The predicted molar refractivity (Wildman–Crippen MR) is 122 cm³/mol. The van der Waals surface area contributed by atoms with E-state index < -0.39 is 16.7 Å². The zero-order chi connectivity index (χ0) is 23.0. The second kappa shape index (κ2) is 8.54. The number of carbonyl (C=O) groups excluding carboxylic acids is 1. The maximum absolute atomic E-state index is 13.3. The smallest absolute Gasteiger partial charge is 0.395 e. The number of hydrogen-bond acceptors (Lipinski definition) is 7. The van der Waals surface area contributed by atoms with E-state index >= 15 is 0 Å². The quantitative estimate of drug-likeness (QED) is 0.285. The molecule has 4 aromatic rings. The fourth-order valence-corrected chi connectivity index (χ4v) is 4.62. The Morgan fingerprint density at radius 1 is 1.28 bits per heavy atom. The summed E-state index contributed by atoms with van der Waals surface area (Å²) in [5, 5.41) is 16.0. The van der Waals surface area contributed by atoms with E-state index in [0.717, 1.165) is 27.2 Å². The monoisotopic (exact) mass is 453 g/mol. The number of fused-ring (bicyclic) bond motifs is 1. The molecule has 0 aliphatic carbocycles. The van der Waals surface area contributed by atoms with Crippen LogP contribution in [0.3, 0.4) is 0 Å². The summed E-state index contributed by atoms with van der Waals surface area (Å²) < 4.78 is 7.99. The van der Waals surface area contributed by atoms with Gasteiger partial charge in [0.15, 0.2) is 10.9 Å². The maximum atomic E-state index is 13.3. The van der Waals surface area contributed by atoms with E-state index in [0.29, 0.717) is 11.7 Å². The largest absolute Gasteiger partial charge is 0.433 e. The first kappa shape index (κ1) is 21.7. The Morgan fingerprint density at radius 2 is 2.06 bits per heavy atom. The molecule has 0 fully saturated rings. The Hall–Kier alpha value is -3.53. The van der Waals surface area contributed by atoms with Gasteiger partial charge in [0, 0.05) is 12.2 Å². The highest BCUT2D eigenvalue weighted by Gasteiger charge is 2.27. The van der Waals surface area contributed by atoms with E-state index in [1.165, 1.54) is 28.4 Å². The number of furan rings is 1. The van der Waals surface area contributed by atoms with Crippen LogP contribution in [0.25, 0.3) is 10.2 Å². The third-order valence-corrected chi connectivity index (χ3v) is 6.20. The molecule has 0 N–H and O–H groups in total. The highest BCUT2D eigenvalue weighted by atomic mass is 32.1. The fourth-order valence-electron chi connectivity index (χ4n) is 3.59. The molecule has 0 radical (unpaired) electrons. The van der Waals surface area contributed by atoms with Crippen LogP contribution in [0.15, 0.2) is 40.8 Å². The molecule has 10 heteroatoms. The van der Waals surface area contributed by atoms with Gasteiger partial charge in [-0.2, -0.15) is 5.10 Å². The standard InChI is InChI=1S/C22H23N5O4S/c1-13(2)16-6-5-7-18-20(16)23-22(32-18)25(10-11-26-15(4)12-14(3)24-26)21(28)17-8-9-19(31-17)27(29)30/h5-9,12-13H,10-11H2,1-4H3. The number of nitrogens with zero attached hydrogens (tertiary/aromatic N) is 5. The van der Waals surface area contributed by atoms with Crippen molar-refractivity contribution in [1.82, 2.24) is 14.8 Å². The minimum atomic E-state index is -0.663. The van der Waals surface area contributed by atoms with Gasteiger partial charge in [0.05, 0.1) is 28.5 Å². The highest BCUT2D eigenvalue weighted by Crippen LogP contribution is 2.34. The van der Waals surface area contributed by atoms with Crippen LogP contribution in [0, 0.1) is 24.0 Å². The molecule has 9 nitrogen and oxygen atoms in total. The lowest BCUT2D eigenvalue weighted by Gasteiger charge is -2.19. The number of thiazole rings is 1. The van der Waals surface area contributed by atoms with Gasteiger partial charge in [-0.15, -0.1) is 0 Å². The number of aromatic nitrogens is 3. The average molecular weight is 454 g/mol. The fraction of sp³-hybridized carbons (Fsp3) is 0.318. The molecule has 0 saturated heterocycles. The third kappa shape index (κ3) is 4.13. The predicted octanol–water partition coefficient (Wildman–Crippen LogP) is 5.08. The van der Waals surface area contributed by atoms with Gasteiger partial charge in [0.1, 0.15) is 4.92 Å². The molecule has 4 rings (SSSR count). The van der Waals surface area contributed by atoms with Crippen molar-refractivity contribution in [2.45, 2.75) is 40.2 Å². The number of rotatable bonds is 7. The van der Waals surface area contributed by atoms with Gasteiger partial charge in [-0.05, 0) is 43.5 Å². The number of anilines is 1. The number of hydrogen-bond donors (Lipinski definition) is 0. The Morgan fingerprint density at radius 3 is 2.69 bits per heavy atom. The summed E-state index contributed by atoms with van der Waals surface area (Å²) in [6.07, 6.45) is 0. The van der Waals surface area contributed by atoms with Crippen LogP contribution in [0.2, 0.25) is 0 Å². The first-order chi connectivity index (χ1) is 15.2. The maximum Gasteiger partial charge on any atom is 0.433 e. The summed E-state index contributed by atoms with van der Waals surface area (Å²) in [4.78, 5) is 30.0. The second-order valence-electron chi connectivity index (χ2n) is 7.85. The van der Waals surface area contributed by atoms with Gasteiger partial charge < -0.3 is 4.42 Å². The summed E-state index contributed by atoms with van der Waals surface area (Å²) in [5.41, 5.74) is 3.83. The van der Waals surface area contributed by atoms with Gasteiger partial charge >= 0.3 is 5.88 Å². The van der Waals surface area contributed by atoms with Crippen molar-refractivity contribution in [3.05, 3.63) is 69.2 Å². The van der Waals surface area contributed by atoms with E-state index in [1.54, 1.807) is 0 Å². The zero-order valence-electron chi connectivity index (χ0n) is 18.2. The van der Waals surface area contributed by atoms with Crippen LogP contribution < -0.4 is 4.90 Å². The first-order valence-corrected chi connectivity index (χ1v) is 11.0. The molecule has 3 aromatic heterocycles. The normalized spacial score (nSPS) is 11.4. The van der Waals surface area contributed by atoms with Gasteiger partial charge in [-0.25, -0.2) is 4.98 Å². The van der Waals surface area contributed by atoms with E-state index in [-0.39, 0.29) is 18.2 Å². The van der Waals surface area contributed by atoms with Crippen LogP contribution in [0.5, 0.6) is 0 Å². The molecule has 0 aliphatic rings. The Bertz CT molecular complexity index is 1300. The van der Waals surface area contributed by atoms with Crippen molar-refractivity contribution >= 4 is 38.5 Å². The first-order valence-electron chi connectivity index (χ1n) is 10.2. The molecule has 166 valence electrons. The summed E-state index contributed by atoms with van der Waals surface area (Å²) in [5.74, 6) is -0.781. The van der Waals surface area contributed by atoms with E-state index in [9.17, 15) is 14.9 Å². The number of nitro groups is 1. The van der Waals surface area contributed by atoms with Crippen molar-refractivity contribution in [3.8, 4) is 0 Å². The summed E-state index contributed by atoms with van der Waals surface area (Å²) in [6, 6.07) is 10.5. The van der Waals surface area contributed by atoms with Crippen LogP contribution in [0.1, 0.15) is 47.3 Å². The number of aryl methyl sites for hydroxylation is 2. The van der Waals surface area contributed by atoms with E-state index in [4.69, 9.17) is 9.40 Å². The molecule has 0 saturated carbocycles. The molecule has 1 aromatic carbocycles. The topological polar surface area (TPSA) is 107 Å². The van der Waals surface area contributed by atoms with Crippen molar-refractivity contribution in [2.75, 3.05) is 11.4 Å². The number of carbonyl (C=O) groups is 1. The van der Waals surface area contributed by atoms with E-state index in [1.807, 2.05) is 42.8 Å². The molecule has 0 atom stereocenters. The van der Waals surface area contributed by atoms with Crippen LogP contribution >= 0.6 is 11.3 Å². The van der Waals surface area contributed by atoms with Crippen molar-refractivity contribution in [1.29, 1.82) is 0 Å². The summed E-state index contributed by atoms with van der Waals surface area (Å²) in [7, 11) is 0. The van der Waals surface area contributed by atoms with Crippen LogP contribution in [-0.2, 0) is 6.54 Å². The molecule has 0 unspecified atom stereocenters. The number of amides is 1. The number of benzene rings is 1. The molecule has 32 heavy (non-hydrogen) atoms. The molecular weight excluding hydrogens is 430 g/mol. The molecule has 0 bridgehead atoms. The van der Waals surface area contributed by atoms with Crippen molar-refractivity contribution in [2.24, 2.45) is 0 Å². The number of para-hydroxylation sites is 1. The van der Waals surface area contributed by atoms with E-state index in [2.05, 4.69) is 18.9 Å². The lowest BCUT2D eigenvalue weighted by atomic mass is 10.0. The zero-order valence-corrected chi connectivity index (χ0v) is 19.0. The lowest BCUT2D eigenvalue weighted by Crippen LogP contribution is -2.34. The van der Waals surface area contributed by atoms with Crippen LogP contribution in [-0.4, -0.2) is 32.1 Å². The van der Waals surface area contributed by atoms with Gasteiger partial charge in [0.2, 0.25) is 0 Å². The van der Waals surface area contributed by atoms with Gasteiger partial charge in [0.25, 0.3) is 5.91 Å². The third-order valence-electron chi connectivity index (χ3n) is 5.16. The minimum Gasteiger partial charge on any atom is -0.395 e. The average Bonchev–Trinajstić information content (AvgIpc) is 3.45. The summed E-state index contributed by atoms with van der Waals surface area (Å²) in [6.45, 7) is 8.79. The Labute approximate surface area is 188 Å². The van der Waals surface area contributed by atoms with Crippen LogP contribution in [0.4, 0.5) is 11.0 Å². The van der Waals surface area contributed by atoms with Gasteiger partial charge in [-0.3, -0.25) is 24.5 Å². The lowest BCUT2D eigenvalue weighted by molar-refractivity contribution is -0.402. The molecule has 0 aliphatic heterocycles. The highest BCUT2D eigenvalue weighted by molar-refractivity contribution is 7.22. The SMILES string of the molecule is Cc1cc(C)n(CCN(C(=O)c2ccc([N+](=O)[O-])o2)c2nc3c(C(C)C)cccc3s2)n1. The summed E-state index contributed by atoms with van der Waals surface area (Å²) >= 11 is 1.41. The Balaban J connectivity index is 1.73. The molecule has 3 heterocycles. The van der Waals surface area contributed by atoms with Gasteiger partial charge in [-0.1, -0.05) is 37.3 Å². The van der Waals surface area contributed by atoms with Crippen molar-refractivity contribution in [3.63, 3.8) is 0 Å². The van der Waals surface area contributed by atoms with Crippen molar-refractivity contribution < 1.29 is 14.1 Å². The molecule has 0 spiro atoms. The molecule has 1 amide bonds. The minimum absolute atomic E-state index is 0.103. The molecular formula is C22H23N5O4S. The Kier molecular flexibility index (Phi) is 5.79.